The molecule has 58 valence electrons. The van der Waals surface area contributed by atoms with Gasteiger partial charge in [0.05, 0.1) is 12.3 Å². The highest BCUT2D eigenvalue weighted by atomic mass is 16.6. The average molecular weight is 143 g/mol. The van der Waals surface area contributed by atoms with Gasteiger partial charge < -0.3 is 9.94 Å². The first-order chi connectivity index (χ1) is 4.86. The Kier molecular flexibility index (Phi) is 2.68. The quantitative estimate of drug-likeness (QED) is 0.638. The van der Waals surface area contributed by atoms with Gasteiger partial charge >= 0.3 is 0 Å². The summed E-state index contributed by atoms with van der Waals surface area (Å²) in [5.41, 5.74) is 1.08. The highest BCUT2D eigenvalue weighted by Gasteiger charge is 2.18. The predicted molar refractivity (Wildman–Crippen MR) is 38.9 cm³/mol. The summed E-state index contributed by atoms with van der Waals surface area (Å²) in [6.45, 7) is 2.19. The Morgan fingerprint density at radius 3 is 3.10 bits per heavy atom. The number of hydrogen-bond donors (Lipinski definition) is 1. The fourth-order valence-corrected chi connectivity index (χ4v) is 1.02. The highest BCUT2D eigenvalue weighted by Crippen LogP contribution is 2.12. The van der Waals surface area contributed by atoms with Crippen LogP contribution < -0.4 is 0 Å². The monoisotopic (exact) mass is 143 g/mol. The summed E-state index contributed by atoms with van der Waals surface area (Å²) in [6.07, 6.45) is 2.84. The Balaban J connectivity index is 2.25. The molecule has 3 heteroatoms. The number of aliphatic hydroxyl groups is 1. The van der Waals surface area contributed by atoms with Gasteiger partial charge in [0.2, 0.25) is 0 Å². The van der Waals surface area contributed by atoms with Gasteiger partial charge in [-0.15, -0.1) is 0 Å². The maximum Gasteiger partial charge on any atom is 0.155 e. The molecule has 3 nitrogen and oxygen atoms in total. The zero-order chi connectivity index (χ0) is 7.40. The smallest absolute Gasteiger partial charge is 0.155 e. The number of nitrogens with zero attached hydrogens (tertiary/aromatic N) is 1. The molecule has 1 unspecified atom stereocenters. The average Bonchev–Trinajstić information content (AvgIpc) is 2.37. The van der Waals surface area contributed by atoms with E-state index in [1.54, 1.807) is 0 Å². The molecule has 0 saturated heterocycles. The van der Waals surface area contributed by atoms with Gasteiger partial charge in [-0.05, 0) is 6.42 Å². The van der Waals surface area contributed by atoms with Crippen LogP contribution >= 0.6 is 0 Å². The molecule has 1 atom stereocenters. The van der Waals surface area contributed by atoms with Crippen molar-refractivity contribution in [3.05, 3.63) is 0 Å². The standard InChI is InChI=1S/C7H13NO2/c1-2-3-6-4-7(5-9)10-8-6/h7,9H,2-5H2,1H3. The molecule has 1 heterocycles. The summed E-state index contributed by atoms with van der Waals surface area (Å²) in [7, 11) is 0. The first-order valence-electron chi connectivity index (χ1n) is 3.69. The second kappa shape index (κ2) is 3.56. The van der Waals surface area contributed by atoms with E-state index in [1.165, 1.54) is 0 Å². The van der Waals surface area contributed by atoms with Crippen LogP contribution in [0, 0.1) is 0 Å². The summed E-state index contributed by atoms with van der Waals surface area (Å²) in [4.78, 5) is 4.91. The van der Waals surface area contributed by atoms with E-state index in [1.807, 2.05) is 0 Å². The minimum atomic E-state index is -0.0680. The van der Waals surface area contributed by atoms with Crippen LogP contribution in [0.3, 0.4) is 0 Å². The number of aliphatic hydroxyl groups excluding tert-OH is 1. The Morgan fingerprint density at radius 1 is 1.80 bits per heavy atom. The summed E-state index contributed by atoms with van der Waals surface area (Å²) in [5.74, 6) is 0. The molecule has 0 aromatic heterocycles. The molecule has 1 aliphatic heterocycles. The fourth-order valence-electron chi connectivity index (χ4n) is 1.02. The molecule has 0 fully saturated rings. The molecule has 1 N–H and O–H groups in total. The number of rotatable bonds is 3. The first kappa shape index (κ1) is 7.54. The topological polar surface area (TPSA) is 41.8 Å². The lowest BCUT2D eigenvalue weighted by Crippen LogP contribution is -2.12. The van der Waals surface area contributed by atoms with Crippen LogP contribution in [0.1, 0.15) is 26.2 Å². The third-order valence-corrected chi connectivity index (χ3v) is 1.54. The minimum Gasteiger partial charge on any atom is -0.392 e. The fraction of sp³-hybridized carbons (Fsp3) is 0.857. The van der Waals surface area contributed by atoms with E-state index in [0.717, 1.165) is 25.0 Å². The third-order valence-electron chi connectivity index (χ3n) is 1.54. The second-order valence-corrected chi connectivity index (χ2v) is 2.52. The normalized spacial score (nSPS) is 24.2. The molecule has 1 rings (SSSR count). The second-order valence-electron chi connectivity index (χ2n) is 2.52. The Hall–Kier alpha value is -0.570. The SMILES string of the molecule is CCCC1=NOC(CO)C1. The Labute approximate surface area is 60.7 Å². The van der Waals surface area contributed by atoms with Crippen LogP contribution in [-0.4, -0.2) is 23.5 Å². The van der Waals surface area contributed by atoms with Crippen LogP contribution in [0.5, 0.6) is 0 Å². The molecule has 0 radical (unpaired) electrons. The van der Waals surface area contributed by atoms with Crippen molar-refractivity contribution in [2.75, 3.05) is 6.61 Å². The lowest BCUT2D eigenvalue weighted by Gasteiger charge is -2.00. The van der Waals surface area contributed by atoms with Crippen LogP contribution in [0.2, 0.25) is 0 Å². The lowest BCUT2D eigenvalue weighted by molar-refractivity contribution is 0.0390. The summed E-state index contributed by atoms with van der Waals surface area (Å²) < 4.78 is 0. The largest absolute Gasteiger partial charge is 0.392 e. The molecule has 1 aliphatic rings. The molecule has 0 bridgehead atoms. The van der Waals surface area contributed by atoms with Gasteiger partial charge in [-0.3, -0.25) is 0 Å². The molecule has 0 amide bonds. The van der Waals surface area contributed by atoms with Crippen molar-refractivity contribution in [2.45, 2.75) is 32.3 Å². The van der Waals surface area contributed by atoms with Gasteiger partial charge in [-0.25, -0.2) is 0 Å². The maximum atomic E-state index is 8.65. The van der Waals surface area contributed by atoms with Crippen LogP contribution in [-0.2, 0) is 4.84 Å². The van der Waals surface area contributed by atoms with Crippen molar-refractivity contribution in [3.63, 3.8) is 0 Å². The molecule has 0 aromatic carbocycles. The zero-order valence-corrected chi connectivity index (χ0v) is 6.21. The van der Waals surface area contributed by atoms with E-state index in [2.05, 4.69) is 12.1 Å². The lowest BCUT2D eigenvalue weighted by atomic mass is 10.1. The molecule has 10 heavy (non-hydrogen) atoms. The summed E-state index contributed by atoms with van der Waals surface area (Å²) in [5, 5.41) is 12.5. The number of oxime groups is 1. The van der Waals surface area contributed by atoms with Crippen molar-refractivity contribution in [3.8, 4) is 0 Å². The Morgan fingerprint density at radius 2 is 2.60 bits per heavy atom. The van der Waals surface area contributed by atoms with Crippen LogP contribution in [0.4, 0.5) is 0 Å². The minimum absolute atomic E-state index is 0.0680. The summed E-state index contributed by atoms with van der Waals surface area (Å²) >= 11 is 0. The van der Waals surface area contributed by atoms with Crippen molar-refractivity contribution >= 4 is 5.71 Å². The highest BCUT2D eigenvalue weighted by molar-refractivity contribution is 5.85. The van der Waals surface area contributed by atoms with Gasteiger partial charge in [0.15, 0.2) is 6.10 Å². The van der Waals surface area contributed by atoms with Gasteiger partial charge in [0.1, 0.15) is 0 Å². The zero-order valence-electron chi connectivity index (χ0n) is 6.21. The third kappa shape index (κ3) is 1.70. The predicted octanol–water partition coefficient (Wildman–Crippen LogP) is 0.924. The summed E-state index contributed by atoms with van der Waals surface area (Å²) in [6, 6.07) is 0. The molecule has 0 aromatic rings. The van der Waals surface area contributed by atoms with E-state index in [0.29, 0.717) is 0 Å². The van der Waals surface area contributed by atoms with Gasteiger partial charge in [0.25, 0.3) is 0 Å². The van der Waals surface area contributed by atoms with Crippen molar-refractivity contribution < 1.29 is 9.94 Å². The van der Waals surface area contributed by atoms with Gasteiger partial charge in [-0.1, -0.05) is 18.5 Å². The number of hydrogen-bond acceptors (Lipinski definition) is 3. The molecular weight excluding hydrogens is 130 g/mol. The molecular formula is C7H13NO2. The van der Waals surface area contributed by atoms with Gasteiger partial charge in [-0.2, -0.15) is 0 Å². The maximum absolute atomic E-state index is 8.65. The van der Waals surface area contributed by atoms with Crippen LogP contribution in [0.15, 0.2) is 5.16 Å². The van der Waals surface area contributed by atoms with E-state index < -0.39 is 0 Å². The van der Waals surface area contributed by atoms with Crippen LogP contribution in [0.25, 0.3) is 0 Å². The van der Waals surface area contributed by atoms with Crippen molar-refractivity contribution in [1.29, 1.82) is 0 Å². The molecule has 0 spiro atoms. The van der Waals surface area contributed by atoms with E-state index in [-0.39, 0.29) is 12.7 Å². The molecule has 0 saturated carbocycles. The van der Waals surface area contributed by atoms with E-state index >= 15 is 0 Å². The Bertz CT molecular complexity index is 134. The van der Waals surface area contributed by atoms with E-state index in [9.17, 15) is 0 Å². The van der Waals surface area contributed by atoms with Crippen molar-refractivity contribution in [2.24, 2.45) is 5.16 Å². The van der Waals surface area contributed by atoms with Gasteiger partial charge in [0, 0.05) is 6.42 Å². The van der Waals surface area contributed by atoms with E-state index in [4.69, 9.17) is 9.94 Å². The van der Waals surface area contributed by atoms with Crippen molar-refractivity contribution in [1.82, 2.24) is 0 Å². The first-order valence-corrected chi connectivity index (χ1v) is 3.69. The molecule has 0 aliphatic carbocycles.